The van der Waals surface area contributed by atoms with Crippen molar-refractivity contribution in [2.45, 2.75) is 0 Å². The van der Waals surface area contributed by atoms with Gasteiger partial charge in [-0.3, -0.25) is 10.9 Å². The lowest BCUT2D eigenvalue weighted by Gasteiger charge is -2.22. The van der Waals surface area contributed by atoms with Crippen molar-refractivity contribution in [2.24, 2.45) is 33.4 Å². The zero-order valence-corrected chi connectivity index (χ0v) is 17.0. The van der Waals surface area contributed by atoms with Crippen LogP contribution in [0.1, 0.15) is 11.1 Å². The van der Waals surface area contributed by atoms with Gasteiger partial charge < -0.3 is 22.1 Å². The van der Waals surface area contributed by atoms with Crippen LogP contribution in [-0.2, 0) is 0 Å². The van der Waals surface area contributed by atoms with Crippen molar-refractivity contribution in [3.05, 3.63) is 83.5 Å². The van der Waals surface area contributed by atoms with Crippen LogP contribution in [0, 0.1) is 0 Å². The van der Waals surface area contributed by atoms with Crippen LogP contribution < -0.4 is 44.6 Å². The second kappa shape index (κ2) is 8.99. The smallest absolute Gasteiger partial charge is 0.150 e. The molecule has 0 saturated carbocycles. The molecule has 12 N–H and O–H groups in total. The van der Waals surface area contributed by atoms with Gasteiger partial charge in [0.1, 0.15) is 11.6 Å². The number of benzene rings is 2. The van der Waals surface area contributed by atoms with Gasteiger partial charge in [-0.2, -0.15) is 0 Å². The van der Waals surface area contributed by atoms with Gasteiger partial charge in [0.2, 0.25) is 0 Å². The Morgan fingerprint density at radius 1 is 0.656 bits per heavy atom. The second-order valence-electron chi connectivity index (χ2n) is 6.91. The summed E-state index contributed by atoms with van der Waals surface area (Å²) in [5, 5.41) is 16.1. The molecule has 0 aromatic heterocycles. The number of amidine groups is 2. The molecule has 32 heavy (non-hydrogen) atoms. The molecule has 12 nitrogen and oxygen atoms in total. The molecule has 0 aliphatic carbocycles. The summed E-state index contributed by atoms with van der Waals surface area (Å²) < 4.78 is 0. The molecule has 2 aliphatic rings. The number of nitrogens with one attached hydrogen (secondary N) is 4. The van der Waals surface area contributed by atoms with E-state index in [1.807, 2.05) is 60.7 Å². The molecule has 0 radical (unpaired) electrons. The Balaban J connectivity index is 1.34. The summed E-state index contributed by atoms with van der Waals surface area (Å²) in [7, 11) is 0. The van der Waals surface area contributed by atoms with Gasteiger partial charge in [0, 0.05) is 23.5 Å². The SMILES string of the molecule is NC1=NN(N)NC(Nc2ccc(C=Cc3ccc(NC4=CC(N)=NN(N)N4)cc3)cc2)=C1. The van der Waals surface area contributed by atoms with Gasteiger partial charge in [-0.1, -0.05) is 36.4 Å². The van der Waals surface area contributed by atoms with E-state index in [2.05, 4.69) is 31.7 Å². The molecule has 12 heteroatoms. The Kier molecular flexibility index (Phi) is 5.78. The van der Waals surface area contributed by atoms with Crippen molar-refractivity contribution >= 4 is 35.2 Å². The lowest BCUT2D eigenvalue weighted by molar-refractivity contribution is 0.226. The number of nitrogens with zero attached hydrogens (tertiary/aromatic N) is 4. The van der Waals surface area contributed by atoms with E-state index in [4.69, 9.17) is 23.2 Å². The van der Waals surface area contributed by atoms with Gasteiger partial charge in [0.15, 0.2) is 11.7 Å². The van der Waals surface area contributed by atoms with Crippen molar-refractivity contribution < 1.29 is 0 Å². The van der Waals surface area contributed by atoms with Gasteiger partial charge in [-0.25, -0.2) is 11.7 Å². The van der Waals surface area contributed by atoms with Crippen LogP contribution in [0.3, 0.4) is 0 Å². The lowest BCUT2D eigenvalue weighted by Crippen LogP contribution is -2.45. The van der Waals surface area contributed by atoms with E-state index in [1.54, 1.807) is 12.2 Å². The summed E-state index contributed by atoms with van der Waals surface area (Å²) >= 11 is 0. The predicted molar refractivity (Wildman–Crippen MR) is 127 cm³/mol. The summed E-state index contributed by atoms with van der Waals surface area (Å²) in [6.45, 7) is 0. The fourth-order valence-electron chi connectivity index (χ4n) is 2.95. The largest absolute Gasteiger partial charge is 0.382 e. The van der Waals surface area contributed by atoms with Crippen LogP contribution in [0.4, 0.5) is 11.4 Å². The van der Waals surface area contributed by atoms with E-state index in [-0.39, 0.29) is 0 Å². The fourth-order valence-corrected chi connectivity index (χ4v) is 2.95. The van der Waals surface area contributed by atoms with E-state index in [0.29, 0.717) is 23.3 Å². The lowest BCUT2D eigenvalue weighted by atomic mass is 10.1. The molecule has 4 rings (SSSR count). The number of hydrogen-bond donors (Lipinski definition) is 8. The number of hydrogen-bond acceptors (Lipinski definition) is 12. The maximum absolute atomic E-state index is 5.69. The summed E-state index contributed by atoms with van der Waals surface area (Å²) in [5.41, 5.74) is 20.9. The normalized spacial score (nSPS) is 15.8. The molecule has 164 valence electrons. The van der Waals surface area contributed by atoms with Gasteiger partial charge >= 0.3 is 0 Å². The average molecular weight is 432 g/mol. The van der Waals surface area contributed by atoms with Crippen LogP contribution in [0.2, 0.25) is 0 Å². The highest BCUT2D eigenvalue weighted by Crippen LogP contribution is 2.17. The molecular weight excluding hydrogens is 408 g/mol. The Labute approximate surface area is 184 Å². The minimum atomic E-state index is 0.306. The Morgan fingerprint density at radius 2 is 1.03 bits per heavy atom. The third-order valence-electron chi connectivity index (χ3n) is 4.35. The Morgan fingerprint density at radius 3 is 1.38 bits per heavy atom. The second-order valence-corrected chi connectivity index (χ2v) is 6.91. The zero-order chi connectivity index (χ0) is 22.5. The quantitative estimate of drug-likeness (QED) is 0.233. The highest BCUT2D eigenvalue weighted by Gasteiger charge is 2.09. The van der Waals surface area contributed by atoms with Gasteiger partial charge in [0.25, 0.3) is 0 Å². The van der Waals surface area contributed by atoms with Crippen molar-refractivity contribution in [2.75, 3.05) is 10.6 Å². The molecule has 2 aromatic rings. The van der Waals surface area contributed by atoms with Crippen LogP contribution in [0.15, 0.2) is 82.5 Å². The molecule has 0 amide bonds. The molecular formula is C20H24N12. The first kappa shape index (κ1) is 20.6. The van der Waals surface area contributed by atoms with E-state index in [0.717, 1.165) is 33.0 Å². The van der Waals surface area contributed by atoms with E-state index in [1.165, 1.54) is 0 Å². The Bertz CT molecular complexity index is 1020. The standard InChI is InChI=1S/C20H24N12/c21-17-11-19(29-31(23)27-17)25-15-7-3-13(4-8-15)1-2-14-5-9-16(10-6-14)26-20-12-18(22)28-32(24)30-20/h1-12,25-26,29-30H,23-24H2,(H2,21,27)(H2,22,28). The molecule has 2 aromatic carbocycles. The van der Waals surface area contributed by atoms with Gasteiger partial charge in [-0.15, -0.1) is 20.7 Å². The van der Waals surface area contributed by atoms with E-state index < -0.39 is 0 Å². The number of hydrazine groups is 4. The van der Waals surface area contributed by atoms with Crippen molar-refractivity contribution in [3.8, 4) is 0 Å². The summed E-state index contributed by atoms with van der Waals surface area (Å²) in [4.78, 5) is 0. The van der Waals surface area contributed by atoms with Crippen LogP contribution in [-0.4, -0.2) is 22.1 Å². The van der Waals surface area contributed by atoms with Crippen molar-refractivity contribution in [1.82, 2.24) is 21.3 Å². The highest BCUT2D eigenvalue weighted by atomic mass is 15.8. The molecule has 0 fully saturated rings. The zero-order valence-electron chi connectivity index (χ0n) is 17.0. The molecule has 0 bridgehead atoms. The minimum absolute atomic E-state index is 0.306. The van der Waals surface area contributed by atoms with Crippen molar-refractivity contribution in [3.63, 3.8) is 0 Å². The molecule has 0 spiro atoms. The minimum Gasteiger partial charge on any atom is -0.382 e. The van der Waals surface area contributed by atoms with Crippen molar-refractivity contribution in [1.29, 1.82) is 0 Å². The molecule has 0 atom stereocenters. The monoisotopic (exact) mass is 432 g/mol. The average Bonchev–Trinajstić information content (AvgIpc) is 2.73. The van der Waals surface area contributed by atoms with Gasteiger partial charge in [0.05, 0.1) is 0 Å². The molecule has 0 saturated heterocycles. The first-order valence-corrected chi connectivity index (χ1v) is 9.60. The van der Waals surface area contributed by atoms with Crippen LogP contribution in [0.5, 0.6) is 0 Å². The molecule has 2 heterocycles. The fraction of sp³-hybridized carbons (Fsp3) is 0. The van der Waals surface area contributed by atoms with Gasteiger partial charge in [-0.05, 0) is 35.4 Å². The molecule has 0 unspecified atom stereocenters. The number of nitrogens with two attached hydrogens (primary N) is 4. The first-order valence-electron chi connectivity index (χ1n) is 9.60. The molecule has 2 aliphatic heterocycles. The third-order valence-corrected chi connectivity index (χ3v) is 4.35. The topological polar surface area (TPSA) is 183 Å². The first-order chi connectivity index (χ1) is 15.4. The number of anilines is 2. The highest BCUT2D eigenvalue weighted by molar-refractivity contribution is 5.93. The summed E-state index contributed by atoms with van der Waals surface area (Å²) in [6.07, 6.45) is 7.38. The van der Waals surface area contributed by atoms with E-state index >= 15 is 0 Å². The number of hydrazone groups is 2. The summed E-state index contributed by atoms with van der Waals surface area (Å²) in [6, 6.07) is 15.8. The van der Waals surface area contributed by atoms with Crippen LogP contribution in [0.25, 0.3) is 12.2 Å². The maximum Gasteiger partial charge on any atom is 0.150 e. The summed E-state index contributed by atoms with van der Waals surface area (Å²) in [5.74, 6) is 13.1. The number of rotatable bonds is 6. The Hall–Kier alpha value is -4.68. The maximum atomic E-state index is 5.69. The predicted octanol–water partition coefficient (Wildman–Crippen LogP) is 0.296. The van der Waals surface area contributed by atoms with Crippen LogP contribution >= 0.6 is 0 Å². The van der Waals surface area contributed by atoms with E-state index in [9.17, 15) is 0 Å². The third kappa shape index (κ3) is 5.47.